The number of hydrogen-bond acceptors (Lipinski definition) is 2. The van der Waals surface area contributed by atoms with Crippen molar-refractivity contribution >= 4 is 22.9 Å². The van der Waals surface area contributed by atoms with Crippen LogP contribution < -0.4 is 5.32 Å². The number of rotatable bonds is 4. The van der Waals surface area contributed by atoms with Crippen LogP contribution in [0, 0.1) is 5.92 Å². The quantitative estimate of drug-likeness (QED) is 0.825. The third-order valence-corrected chi connectivity index (χ3v) is 5.82. The first kappa shape index (κ1) is 12.9. The van der Waals surface area contributed by atoms with Crippen LogP contribution in [0.4, 0.5) is 0 Å². The number of benzene rings is 1. The first-order chi connectivity index (χ1) is 9.81. The van der Waals surface area contributed by atoms with Gasteiger partial charge in [0.2, 0.25) is 0 Å². The van der Waals surface area contributed by atoms with Crippen LogP contribution in [0.15, 0.2) is 36.4 Å². The summed E-state index contributed by atoms with van der Waals surface area (Å²) in [5.74, 6) is 0.815. The van der Waals surface area contributed by atoms with Crippen molar-refractivity contribution in [1.82, 2.24) is 5.32 Å². The Hall–Kier alpha value is -0.830. The largest absolute Gasteiger partial charge is 0.303 e. The number of halogens is 1. The molecule has 4 rings (SSSR count). The molecule has 3 heteroatoms. The summed E-state index contributed by atoms with van der Waals surface area (Å²) < 4.78 is 0.934. The number of hydrogen-bond donors (Lipinski definition) is 1. The fourth-order valence-electron chi connectivity index (χ4n) is 3.31. The Morgan fingerprint density at radius 1 is 1.15 bits per heavy atom. The Morgan fingerprint density at radius 2 is 1.95 bits per heavy atom. The Morgan fingerprint density at radius 3 is 2.70 bits per heavy atom. The molecule has 0 spiro atoms. The minimum atomic E-state index is 0.486. The second kappa shape index (κ2) is 5.18. The van der Waals surface area contributed by atoms with Crippen molar-refractivity contribution in [2.45, 2.75) is 37.8 Å². The molecule has 1 aromatic carbocycles. The van der Waals surface area contributed by atoms with Crippen molar-refractivity contribution in [3.05, 3.63) is 56.7 Å². The normalized spacial score (nSPS) is 22.8. The zero-order valence-electron chi connectivity index (χ0n) is 11.3. The van der Waals surface area contributed by atoms with Gasteiger partial charge in [-0.3, -0.25) is 0 Å². The van der Waals surface area contributed by atoms with Crippen LogP contribution in [0.1, 0.15) is 47.4 Å². The van der Waals surface area contributed by atoms with Gasteiger partial charge in [0.05, 0.1) is 4.34 Å². The molecule has 0 aliphatic heterocycles. The van der Waals surface area contributed by atoms with Gasteiger partial charge in [0.15, 0.2) is 0 Å². The smallest absolute Gasteiger partial charge is 0.0934 e. The molecule has 2 aliphatic rings. The first-order valence-electron chi connectivity index (χ1n) is 7.40. The second-order valence-electron chi connectivity index (χ2n) is 5.91. The second-order valence-corrected chi connectivity index (χ2v) is 7.68. The van der Waals surface area contributed by atoms with Gasteiger partial charge in [0, 0.05) is 17.0 Å². The highest BCUT2D eigenvalue weighted by atomic mass is 35.5. The molecule has 20 heavy (non-hydrogen) atoms. The fraction of sp³-hybridized carbons (Fsp3) is 0.412. The molecule has 2 aliphatic carbocycles. The summed E-state index contributed by atoms with van der Waals surface area (Å²) in [6.45, 7) is 0. The number of aryl methyl sites for hydroxylation is 1. The summed E-state index contributed by atoms with van der Waals surface area (Å²) >= 11 is 7.92. The summed E-state index contributed by atoms with van der Waals surface area (Å²) in [4.78, 5) is 1.48. The van der Waals surface area contributed by atoms with E-state index in [9.17, 15) is 0 Å². The number of fused-ring (bicyclic) bond motifs is 1. The van der Waals surface area contributed by atoms with Crippen LogP contribution in [0.2, 0.25) is 4.34 Å². The zero-order chi connectivity index (χ0) is 13.5. The molecule has 0 amide bonds. The van der Waals surface area contributed by atoms with E-state index < -0.39 is 0 Å². The van der Waals surface area contributed by atoms with Gasteiger partial charge in [-0.05, 0) is 48.8 Å². The van der Waals surface area contributed by atoms with Gasteiger partial charge in [-0.15, -0.1) is 11.3 Å². The lowest BCUT2D eigenvalue weighted by atomic mass is 10.0. The molecular weight excluding hydrogens is 286 g/mol. The minimum absolute atomic E-state index is 0.486. The van der Waals surface area contributed by atoms with Crippen LogP contribution in [0.3, 0.4) is 0 Å². The molecular formula is C17H18ClNS. The number of nitrogens with one attached hydrogen (secondary N) is 1. The van der Waals surface area contributed by atoms with Gasteiger partial charge >= 0.3 is 0 Å². The summed E-state index contributed by atoms with van der Waals surface area (Å²) in [5, 5.41) is 3.91. The van der Waals surface area contributed by atoms with E-state index in [0.29, 0.717) is 12.1 Å². The van der Waals surface area contributed by atoms with E-state index >= 15 is 0 Å². The molecule has 104 valence electrons. The molecule has 2 aromatic rings. The third-order valence-electron chi connectivity index (χ3n) is 4.48. The van der Waals surface area contributed by atoms with Crippen LogP contribution >= 0.6 is 22.9 Å². The maximum absolute atomic E-state index is 6.16. The Balaban J connectivity index is 1.58. The molecule has 1 heterocycles. The SMILES string of the molecule is Clc1cc2c(s1)CCC2NC(c1ccccc1)C1CC1. The van der Waals surface area contributed by atoms with E-state index in [2.05, 4.69) is 41.7 Å². The average molecular weight is 304 g/mol. The predicted octanol–water partition coefficient (Wildman–Crippen LogP) is 5.13. The number of thiophene rings is 1. The van der Waals surface area contributed by atoms with Crippen molar-refractivity contribution in [2.75, 3.05) is 0 Å². The topological polar surface area (TPSA) is 12.0 Å². The van der Waals surface area contributed by atoms with Gasteiger partial charge in [0.25, 0.3) is 0 Å². The fourth-order valence-corrected chi connectivity index (χ4v) is 4.67. The van der Waals surface area contributed by atoms with E-state index in [4.69, 9.17) is 11.6 Å². The summed E-state index contributed by atoms with van der Waals surface area (Å²) in [5.41, 5.74) is 2.88. The molecule has 1 aromatic heterocycles. The molecule has 1 saturated carbocycles. The lowest BCUT2D eigenvalue weighted by Gasteiger charge is -2.23. The van der Waals surface area contributed by atoms with Crippen LogP contribution in [-0.4, -0.2) is 0 Å². The predicted molar refractivity (Wildman–Crippen MR) is 85.4 cm³/mol. The van der Waals surface area contributed by atoms with Crippen LogP contribution in [-0.2, 0) is 6.42 Å². The van der Waals surface area contributed by atoms with Crippen molar-refractivity contribution in [1.29, 1.82) is 0 Å². The van der Waals surface area contributed by atoms with Crippen LogP contribution in [0.25, 0.3) is 0 Å². The van der Waals surface area contributed by atoms with Gasteiger partial charge < -0.3 is 5.32 Å². The van der Waals surface area contributed by atoms with Gasteiger partial charge in [-0.25, -0.2) is 0 Å². The molecule has 1 N–H and O–H groups in total. The first-order valence-corrected chi connectivity index (χ1v) is 8.60. The highest BCUT2D eigenvalue weighted by molar-refractivity contribution is 7.16. The lowest BCUT2D eigenvalue weighted by molar-refractivity contribution is 0.408. The van der Waals surface area contributed by atoms with E-state index in [0.717, 1.165) is 10.3 Å². The van der Waals surface area contributed by atoms with E-state index in [-0.39, 0.29) is 0 Å². The summed E-state index contributed by atoms with van der Waals surface area (Å²) in [6, 6.07) is 14.1. The molecule has 2 atom stereocenters. The summed E-state index contributed by atoms with van der Waals surface area (Å²) in [7, 11) is 0. The zero-order valence-corrected chi connectivity index (χ0v) is 12.9. The molecule has 0 saturated heterocycles. The Labute approximate surface area is 129 Å². The lowest BCUT2D eigenvalue weighted by Crippen LogP contribution is -2.26. The molecule has 0 bridgehead atoms. The van der Waals surface area contributed by atoms with E-state index in [1.807, 2.05) is 0 Å². The third kappa shape index (κ3) is 2.41. The van der Waals surface area contributed by atoms with E-state index in [1.54, 1.807) is 11.3 Å². The van der Waals surface area contributed by atoms with Gasteiger partial charge in [-0.1, -0.05) is 41.9 Å². The average Bonchev–Trinajstić information content (AvgIpc) is 3.14. The monoisotopic (exact) mass is 303 g/mol. The standard InChI is InChI=1S/C17H18ClNS/c18-16-10-13-14(8-9-15(13)20-16)19-17(12-6-7-12)11-4-2-1-3-5-11/h1-5,10,12,14,17,19H,6-9H2. The maximum atomic E-state index is 6.16. The minimum Gasteiger partial charge on any atom is -0.303 e. The molecule has 0 radical (unpaired) electrons. The van der Waals surface area contributed by atoms with Crippen molar-refractivity contribution in [2.24, 2.45) is 5.92 Å². The Bertz CT molecular complexity index is 603. The molecule has 1 fully saturated rings. The maximum Gasteiger partial charge on any atom is 0.0934 e. The molecule has 2 unspecified atom stereocenters. The van der Waals surface area contributed by atoms with Crippen molar-refractivity contribution in [3.63, 3.8) is 0 Å². The molecule has 1 nitrogen and oxygen atoms in total. The highest BCUT2D eigenvalue weighted by Crippen LogP contribution is 2.45. The van der Waals surface area contributed by atoms with E-state index in [1.165, 1.54) is 41.7 Å². The Kier molecular flexibility index (Phi) is 3.33. The van der Waals surface area contributed by atoms with Gasteiger partial charge in [0.1, 0.15) is 0 Å². The summed E-state index contributed by atoms with van der Waals surface area (Å²) in [6.07, 6.45) is 5.11. The van der Waals surface area contributed by atoms with Crippen molar-refractivity contribution in [3.8, 4) is 0 Å². The van der Waals surface area contributed by atoms with Crippen LogP contribution in [0.5, 0.6) is 0 Å². The highest BCUT2D eigenvalue weighted by Gasteiger charge is 2.35. The van der Waals surface area contributed by atoms with Crippen molar-refractivity contribution < 1.29 is 0 Å². The van der Waals surface area contributed by atoms with Gasteiger partial charge in [-0.2, -0.15) is 0 Å².